The van der Waals surface area contributed by atoms with Crippen LogP contribution in [0.3, 0.4) is 0 Å². The molecule has 0 aliphatic carbocycles. The molecule has 0 bridgehead atoms. The highest BCUT2D eigenvalue weighted by molar-refractivity contribution is 5.99. The summed E-state index contributed by atoms with van der Waals surface area (Å²) in [7, 11) is 1.85. The number of rotatable bonds is 6. The molecular weight excluding hydrogens is 350 g/mol. The lowest BCUT2D eigenvalue weighted by Crippen LogP contribution is -2.28. The summed E-state index contributed by atoms with van der Waals surface area (Å²) in [5, 5.41) is 0. The molecule has 0 unspecified atom stereocenters. The second kappa shape index (κ2) is 8.10. The van der Waals surface area contributed by atoms with Crippen LogP contribution in [0, 0.1) is 0 Å². The van der Waals surface area contributed by atoms with Crippen LogP contribution in [0.15, 0.2) is 48.8 Å². The fourth-order valence-electron chi connectivity index (χ4n) is 4.08. The number of carbonyl (C=O) groups excluding carboxylic acids is 1. The standard InChI is InChI=1S/C22H27N5O/c1-3-13-25(2)22(28)20-18-10-5-7-15-27(18)21(24-20)19-11-8-14-26(19)16-17-9-4-6-12-23-17/h4-7,9-10,12,15,19H,3,8,11,13-14,16H2,1-2H3/t19-/m1/s1. The van der Waals surface area contributed by atoms with Gasteiger partial charge in [-0.3, -0.25) is 14.7 Å². The molecule has 0 N–H and O–H groups in total. The normalized spacial score (nSPS) is 17.3. The van der Waals surface area contributed by atoms with Crippen molar-refractivity contribution < 1.29 is 4.79 Å². The lowest BCUT2D eigenvalue weighted by atomic mass is 10.2. The van der Waals surface area contributed by atoms with Crippen LogP contribution in [0.4, 0.5) is 0 Å². The number of nitrogens with zero attached hydrogens (tertiary/aromatic N) is 5. The fraction of sp³-hybridized carbons (Fsp3) is 0.409. The molecule has 3 aromatic rings. The molecular formula is C22H27N5O. The minimum atomic E-state index is -0.00827. The SMILES string of the molecule is CCCN(C)C(=O)c1nc([C@H]2CCCN2Cc2ccccn2)n2ccccc12. The predicted molar refractivity (Wildman–Crippen MR) is 109 cm³/mol. The number of hydrogen-bond donors (Lipinski definition) is 0. The molecule has 0 saturated carbocycles. The van der Waals surface area contributed by atoms with E-state index in [1.807, 2.05) is 49.8 Å². The smallest absolute Gasteiger partial charge is 0.274 e. The summed E-state index contributed by atoms with van der Waals surface area (Å²) in [4.78, 5) is 26.5. The summed E-state index contributed by atoms with van der Waals surface area (Å²) in [6, 6.07) is 12.2. The first-order chi connectivity index (χ1) is 13.7. The van der Waals surface area contributed by atoms with Gasteiger partial charge in [-0.25, -0.2) is 4.98 Å². The second-order valence-electron chi connectivity index (χ2n) is 7.45. The topological polar surface area (TPSA) is 53.7 Å². The molecule has 1 amide bonds. The van der Waals surface area contributed by atoms with Gasteiger partial charge >= 0.3 is 0 Å². The summed E-state index contributed by atoms with van der Waals surface area (Å²) in [6.45, 7) is 4.62. The van der Waals surface area contributed by atoms with Gasteiger partial charge in [-0.1, -0.05) is 19.1 Å². The number of hydrogen-bond acceptors (Lipinski definition) is 4. The van der Waals surface area contributed by atoms with Crippen molar-refractivity contribution in [3.63, 3.8) is 0 Å². The van der Waals surface area contributed by atoms with Crippen LogP contribution < -0.4 is 0 Å². The van der Waals surface area contributed by atoms with Gasteiger partial charge in [0.25, 0.3) is 5.91 Å². The highest BCUT2D eigenvalue weighted by Crippen LogP contribution is 2.33. The predicted octanol–water partition coefficient (Wildman–Crippen LogP) is 3.55. The molecule has 1 aliphatic heterocycles. The van der Waals surface area contributed by atoms with Crippen molar-refractivity contribution in [3.8, 4) is 0 Å². The van der Waals surface area contributed by atoms with E-state index in [1.165, 1.54) is 0 Å². The van der Waals surface area contributed by atoms with E-state index >= 15 is 0 Å². The molecule has 3 aromatic heterocycles. The van der Waals surface area contributed by atoms with Crippen LogP contribution in [-0.4, -0.2) is 50.2 Å². The maximum Gasteiger partial charge on any atom is 0.274 e. The van der Waals surface area contributed by atoms with Gasteiger partial charge in [0, 0.05) is 32.5 Å². The number of pyridine rings is 2. The molecule has 1 saturated heterocycles. The van der Waals surface area contributed by atoms with Gasteiger partial charge in [0.1, 0.15) is 5.82 Å². The first-order valence-corrected chi connectivity index (χ1v) is 10.1. The maximum atomic E-state index is 13.0. The summed E-state index contributed by atoms with van der Waals surface area (Å²) in [6.07, 6.45) is 6.95. The highest BCUT2D eigenvalue weighted by Gasteiger charge is 2.31. The van der Waals surface area contributed by atoms with E-state index in [9.17, 15) is 4.79 Å². The Morgan fingerprint density at radius 2 is 2.11 bits per heavy atom. The van der Waals surface area contributed by atoms with Gasteiger partial charge in [-0.05, 0) is 50.1 Å². The molecule has 4 rings (SSSR count). The molecule has 146 valence electrons. The average molecular weight is 377 g/mol. The minimum Gasteiger partial charge on any atom is -0.340 e. The van der Waals surface area contributed by atoms with Crippen LogP contribution in [0.5, 0.6) is 0 Å². The van der Waals surface area contributed by atoms with Crippen LogP contribution in [0.25, 0.3) is 5.52 Å². The Kier molecular flexibility index (Phi) is 5.39. The zero-order valence-corrected chi connectivity index (χ0v) is 16.6. The van der Waals surface area contributed by atoms with Gasteiger partial charge in [0.2, 0.25) is 0 Å². The van der Waals surface area contributed by atoms with Gasteiger partial charge in [-0.15, -0.1) is 0 Å². The monoisotopic (exact) mass is 377 g/mol. The summed E-state index contributed by atoms with van der Waals surface area (Å²) in [5.41, 5.74) is 2.50. The zero-order valence-electron chi connectivity index (χ0n) is 16.6. The quantitative estimate of drug-likeness (QED) is 0.659. The van der Waals surface area contributed by atoms with Crippen LogP contribution in [0.2, 0.25) is 0 Å². The molecule has 4 heterocycles. The lowest BCUT2D eigenvalue weighted by molar-refractivity contribution is 0.0791. The highest BCUT2D eigenvalue weighted by atomic mass is 16.2. The van der Waals surface area contributed by atoms with E-state index in [4.69, 9.17) is 4.98 Å². The number of fused-ring (bicyclic) bond motifs is 1. The molecule has 6 heteroatoms. The number of imidazole rings is 1. The molecule has 28 heavy (non-hydrogen) atoms. The second-order valence-corrected chi connectivity index (χ2v) is 7.45. The Balaban J connectivity index is 1.69. The Hall–Kier alpha value is -2.73. The third kappa shape index (κ3) is 3.52. The van der Waals surface area contributed by atoms with Crippen molar-refractivity contribution in [1.82, 2.24) is 24.2 Å². The van der Waals surface area contributed by atoms with E-state index in [2.05, 4.69) is 27.3 Å². The summed E-state index contributed by atoms with van der Waals surface area (Å²) < 4.78 is 2.09. The maximum absolute atomic E-state index is 13.0. The number of amides is 1. The van der Waals surface area contributed by atoms with E-state index in [1.54, 1.807) is 4.90 Å². The molecule has 1 aliphatic rings. The first kappa shape index (κ1) is 18.6. The molecule has 1 fully saturated rings. The largest absolute Gasteiger partial charge is 0.340 e. The average Bonchev–Trinajstić information content (AvgIpc) is 3.32. The Morgan fingerprint density at radius 1 is 1.25 bits per heavy atom. The molecule has 1 atom stereocenters. The van der Waals surface area contributed by atoms with E-state index in [0.717, 1.165) is 55.9 Å². The van der Waals surface area contributed by atoms with Gasteiger partial charge in [-0.2, -0.15) is 0 Å². The Morgan fingerprint density at radius 3 is 2.89 bits per heavy atom. The Labute approximate surface area is 165 Å². The summed E-state index contributed by atoms with van der Waals surface area (Å²) in [5.74, 6) is 0.948. The lowest BCUT2D eigenvalue weighted by Gasteiger charge is -2.23. The van der Waals surface area contributed by atoms with Crippen LogP contribution >= 0.6 is 0 Å². The molecule has 0 radical (unpaired) electrons. The van der Waals surface area contributed by atoms with Crippen molar-refractivity contribution in [2.75, 3.05) is 20.1 Å². The van der Waals surface area contributed by atoms with Crippen molar-refractivity contribution >= 4 is 11.4 Å². The van der Waals surface area contributed by atoms with Crippen molar-refractivity contribution in [1.29, 1.82) is 0 Å². The summed E-state index contributed by atoms with van der Waals surface area (Å²) >= 11 is 0. The van der Waals surface area contributed by atoms with E-state index in [0.29, 0.717) is 5.69 Å². The number of likely N-dealkylation sites (tertiary alicyclic amines) is 1. The van der Waals surface area contributed by atoms with Gasteiger partial charge in [0.15, 0.2) is 5.69 Å². The molecule has 6 nitrogen and oxygen atoms in total. The van der Waals surface area contributed by atoms with Crippen LogP contribution in [0.1, 0.15) is 54.2 Å². The van der Waals surface area contributed by atoms with Gasteiger partial charge in [0.05, 0.1) is 17.3 Å². The Bertz CT molecular complexity index is 952. The van der Waals surface area contributed by atoms with Crippen molar-refractivity contribution in [2.45, 2.75) is 38.8 Å². The van der Waals surface area contributed by atoms with Crippen molar-refractivity contribution in [2.24, 2.45) is 0 Å². The van der Waals surface area contributed by atoms with E-state index < -0.39 is 0 Å². The first-order valence-electron chi connectivity index (χ1n) is 10.1. The molecule has 0 spiro atoms. The minimum absolute atomic E-state index is 0.00827. The fourth-order valence-corrected chi connectivity index (χ4v) is 4.08. The van der Waals surface area contributed by atoms with Crippen LogP contribution in [-0.2, 0) is 6.54 Å². The van der Waals surface area contributed by atoms with E-state index in [-0.39, 0.29) is 11.9 Å². The molecule has 0 aromatic carbocycles. The third-order valence-electron chi connectivity index (χ3n) is 5.44. The number of carbonyl (C=O) groups is 1. The number of aromatic nitrogens is 3. The third-order valence-corrected chi connectivity index (χ3v) is 5.44. The van der Waals surface area contributed by atoms with Crippen molar-refractivity contribution in [3.05, 3.63) is 66.0 Å². The zero-order chi connectivity index (χ0) is 19.5. The van der Waals surface area contributed by atoms with Gasteiger partial charge < -0.3 is 9.30 Å².